The highest BCUT2D eigenvalue weighted by Gasteiger charge is 2.04. The van der Waals surface area contributed by atoms with Gasteiger partial charge in [0.05, 0.1) is 23.1 Å². The summed E-state index contributed by atoms with van der Waals surface area (Å²) >= 11 is 1.76. The van der Waals surface area contributed by atoms with E-state index in [1.165, 1.54) is 10.6 Å². The summed E-state index contributed by atoms with van der Waals surface area (Å²) < 4.78 is 2.21. The van der Waals surface area contributed by atoms with Crippen molar-refractivity contribution in [1.29, 1.82) is 0 Å². The molecule has 0 saturated heterocycles. The normalized spacial score (nSPS) is 10.7. The Labute approximate surface area is 93.8 Å². The van der Waals surface area contributed by atoms with Crippen molar-refractivity contribution in [3.63, 3.8) is 0 Å². The zero-order valence-electron chi connectivity index (χ0n) is 8.81. The van der Waals surface area contributed by atoms with Crippen molar-refractivity contribution in [2.75, 3.05) is 13.6 Å². The van der Waals surface area contributed by atoms with Crippen molar-refractivity contribution in [3.05, 3.63) is 30.0 Å². The standard InChI is InChI=1S/C11H15N3S/c1-12-5-3-6-14-9-13-8-10(14)11-4-2-7-15-11/h2,4,7-9,12H,3,5-6H2,1H3. The SMILES string of the molecule is CNCCCn1cncc1-c1cccs1. The fourth-order valence-electron chi connectivity index (χ4n) is 1.55. The summed E-state index contributed by atoms with van der Waals surface area (Å²) in [6, 6.07) is 4.21. The molecule has 0 aliphatic carbocycles. The first-order chi connectivity index (χ1) is 7.42. The lowest BCUT2D eigenvalue weighted by Gasteiger charge is -2.05. The van der Waals surface area contributed by atoms with Gasteiger partial charge in [0, 0.05) is 6.54 Å². The molecule has 4 heteroatoms. The van der Waals surface area contributed by atoms with Crippen LogP contribution in [0, 0.1) is 0 Å². The largest absolute Gasteiger partial charge is 0.330 e. The molecule has 1 N–H and O–H groups in total. The topological polar surface area (TPSA) is 29.9 Å². The van der Waals surface area contributed by atoms with E-state index in [4.69, 9.17) is 0 Å². The second-order valence-corrected chi connectivity index (χ2v) is 4.35. The van der Waals surface area contributed by atoms with Crippen molar-refractivity contribution >= 4 is 11.3 Å². The van der Waals surface area contributed by atoms with Gasteiger partial charge in [-0.25, -0.2) is 4.98 Å². The molecule has 3 nitrogen and oxygen atoms in total. The molecule has 0 radical (unpaired) electrons. The molecule has 0 unspecified atom stereocenters. The minimum Gasteiger partial charge on any atom is -0.330 e. The summed E-state index contributed by atoms with van der Waals surface area (Å²) in [5.74, 6) is 0. The number of nitrogens with one attached hydrogen (secondary N) is 1. The summed E-state index contributed by atoms with van der Waals surface area (Å²) in [4.78, 5) is 5.49. The third kappa shape index (κ3) is 2.46. The molecule has 0 aromatic carbocycles. The second-order valence-electron chi connectivity index (χ2n) is 3.41. The van der Waals surface area contributed by atoms with Gasteiger partial charge in [0.1, 0.15) is 0 Å². The van der Waals surface area contributed by atoms with Crippen molar-refractivity contribution in [2.24, 2.45) is 0 Å². The summed E-state index contributed by atoms with van der Waals surface area (Å²) in [5.41, 5.74) is 1.22. The van der Waals surface area contributed by atoms with Gasteiger partial charge in [-0.3, -0.25) is 0 Å². The number of thiophene rings is 1. The van der Waals surface area contributed by atoms with Crippen molar-refractivity contribution < 1.29 is 0 Å². The molecular formula is C11H15N3S. The van der Waals surface area contributed by atoms with Gasteiger partial charge in [0.2, 0.25) is 0 Å². The molecule has 15 heavy (non-hydrogen) atoms. The molecule has 80 valence electrons. The lowest BCUT2D eigenvalue weighted by Crippen LogP contribution is -2.10. The first kappa shape index (κ1) is 10.4. The molecular weight excluding hydrogens is 206 g/mol. The maximum Gasteiger partial charge on any atom is 0.0951 e. The van der Waals surface area contributed by atoms with Crippen LogP contribution in [0.2, 0.25) is 0 Å². The van der Waals surface area contributed by atoms with Crippen LogP contribution in [0.25, 0.3) is 10.6 Å². The van der Waals surface area contributed by atoms with Crippen molar-refractivity contribution in [3.8, 4) is 10.6 Å². The minimum absolute atomic E-state index is 1.02. The van der Waals surface area contributed by atoms with E-state index in [2.05, 4.69) is 32.4 Å². The van der Waals surface area contributed by atoms with Crippen LogP contribution < -0.4 is 5.32 Å². The lowest BCUT2D eigenvalue weighted by molar-refractivity contribution is 0.617. The van der Waals surface area contributed by atoms with Gasteiger partial charge in [-0.1, -0.05) is 6.07 Å². The van der Waals surface area contributed by atoms with Crippen LogP contribution in [0.4, 0.5) is 0 Å². The second kappa shape index (κ2) is 5.09. The molecule has 0 saturated carbocycles. The number of rotatable bonds is 5. The number of aromatic nitrogens is 2. The predicted molar refractivity (Wildman–Crippen MR) is 64.1 cm³/mol. The van der Waals surface area contributed by atoms with E-state index in [1.54, 1.807) is 11.3 Å². The Bertz CT molecular complexity index is 392. The van der Waals surface area contributed by atoms with Crippen LogP contribution in [0.15, 0.2) is 30.0 Å². The van der Waals surface area contributed by atoms with Crippen LogP contribution in [0.5, 0.6) is 0 Å². The van der Waals surface area contributed by atoms with Crippen LogP contribution in [0.1, 0.15) is 6.42 Å². The van der Waals surface area contributed by atoms with Crippen LogP contribution in [0.3, 0.4) is 0 Å². The Morgan fingerprint density at radius 2 is 2.47 bits per heavy atom. The Morgan fingerprint density at radius 3 is 3.20 bits per heavy atom. The molecule has 2 aromatic heterocycles. The fourth-order valence-corrected chi connectivity index (χ4v) is 2.31. The predicted octanol–water partition coefficient (Wildman–Crippen LogP) is 2.22. The molecule has 0 aliphatic heterocycles. The molecule has 2 aromatic rings. The average molecular weight is 221 g/mol. The highest BCUT2D eigenvalue weighted by Crippen LogP contribution is 2.24. The Balaban J connectivity index is 2.09. The Hall–Kier alpha value is -1.13. The molecule has 2 rings (SSSR count). The Kier molecular flexibility index (Phi) is 3.53. The van der Waals surface area contributed by atoms with Gasteiger partial charge in [0.25, 0.3) is 0 Å². The molecule has 0 aliphatic rings. The van der Waals surface area contributed by atoms with Crippen LogP contribution >= 0.6 is 11.3 Å². The Morgan fingerprint density at radius 1 is 1.53 bits per heavy atom. The third-order valence-electron chi connectivity index (χ3n) is 2.31. The van der Waals surface area contributed by atoms with Gasteiger partial charge < -0.3 is 9.88 Å². The van der Waals surface area contributed by atoms with Gasteiger partial charge in [-0.2, -0.15) is 0 Å². The zero-order chi connectivity index (χ0) is 10.5. The maximum atomic E-state index is 4.21. The molecule has 2 heterocycles. The first-order valence-corrected chi connectivity index (χ1v) is 5.98. The summed E-state index contributed by atoms with van der Waals surface area (Å²) in [7, 11) is 1.98. The monoisotopic (exact) mass is 221 g/mol. The number of aryl methyl sites for hydroxylation is 1. The van der Waals surface area contributed by atoms with Crippen molar-refractivity contribution in [2.45, 2.75) is 13.0 Å². The third-order valence-corrected chi connectivity index (χ3v) is 3.20. The molecule has 0 atom stereocenters. The van der Waals surface area contributed by atoms with Gasteiger partial charge in [-0.15, -0.1) is 11.3 Å². The van der Waals surface area contributed by atoms with Gasteiger partial charge in [-0.05, 0) is 31.5 Å². The van der Waals surface area contributed by atoms with E-state index in [-0.39, 0.29) is 0 Å². The summed E-state index contributed by atoms with van der Waals surface area (Å²) in [5, 5.41) is 5.25. The van der Waals surface area contributed by atoms with E-state index in [9.17, 15) is 0 Å². The zero-order valence-corrected chi connectivity index (χ0v) is 9.63. The van der Waals surface area contributed by atoms with E-state index >= 15 is 0 Å². The minimum atomic E-state index is 1.02. The number of imidazole rings is 1. The van der Waals surface area contributed by atoms with Crippen molar-refractivity contribution in [1.82, 2.24) is 14.9 Å². The molecule has 0 bridgehead atoms. The number of hydrogen-bond acceptors (Lipinski definition) is 3. The highest BCUT2D eigenvalue weighted by molar-refractivity contribution is 7.13. The lowest BCUT2D eigenvalue weighted by atomic mass is 10.3. The molecule has 0 amide bonds. The highest BCUT2D eigenvalue weighted by atomic mass is 32.1. The quantitative estimate of drug-likeness (QED) is 0.785. The van der Waals surface area contributed by atoms with Crippen LogP contribution in [-0.4, -0.2) is 23.1 Å². The van der Waals surface area contributed by atoms with E-state index in [1.807, 2.05) is 19.6 Å². The number of hydrogen-bond donors (Lipinski definition) is 1. The molecule has 0 fully saturated rings. The smallest absolute Gasteiger partial charge is 0.0951 e. The molecule has 0 spiro atoms. The average Bonchev–Trinajstić information content (AvgIpc) is 2.87. The maximum absolute atomic E-state index is 4.21. The summed E-state index contributed by atoms with van der Waals surface area (Å²) in [6.07, 6.45) is 4.97. The fraction of sp³-hybridized carbons (Fsp3) is 0.364. The van der Waals surface area contributed by atoms with E-state index in [0.717, 1.165) is 19.5 Å². The summed E-state index contributed by atoms with van der Waals surface area (Å²) in [6.45, 7) is 2.07. The van der Waals surface area contributed by atoms with E-state index in [0.29, 0.717) is 0 Å². The number of nitrogens with zero attached hydrogens (tertiary/aromatic N) is 2. The van der Waals surface area contributed by atoms with Gasteiger partial charge >= 0.3 is 0 Å². The first-order valence-electron chi connectivity index (χ1n) is 5.10. The van der Waals surface area contributed by atoms with Gasteiger partial charge in [0.15, 0.2) is 0 Å². The van der Waals surface area contributed by atoms with E-state index < -0.39 is 0 Å². The van der Waals surface area contributed by atoms with Crippen LogP contribution in [-0.2, 0) is 6.54 Å².